The van der Waals surface area contributed by atoms with Gasteiger partial charge in [-0.3, -0.25) is 0 Å². The Morgan fingerprint density at radius 2 is 1.58 bits per heavy atom. The number of amides is 2. The van der Waals surface area contributed by atoms with Crippen molar-refractivity contribution in [2.75, 3.05) is 6.61 Å². The molecule has 2 rings (SSSR count). The summed E-state index contributed by atoms with van der Waals surface area (Å²) in [5.41, 5.74) is 4.21. The van der Waals surface area contributed by atoms with E-state index in [4.69, 9.17) is 14.2 Å². The van der Waals surface area contributed by atoms with Crippen molar-refractivity contribution in [3.8, 4) is 0 Å². The van der Waals surface area contributed by atoms with Gasteiger partial charge in [0.1, 0.15) is 5.54 Å². The van der Waals surface area contributed by atoms with Crippen LogP contribution in [-0.4, -0.2) is 49.6 Å². The van der Waals surface area contributed by atoms with E-state index in [1.165, 1.54) is 10.2 Å². The highest BCUT2D eigenvalue weighted by atomic mass is 28.3. The normalized spacial score (nSPS) is 17.4. The topological polar surface area (TPSA) is 77.1 Å². The monoisotopic (exact) mass is 518 g/mol. The fraction of sp³-hybridized carbons (Fsp3) is 0.643. The largest absolute Gasteiger partial charge is 0.446 e. The molecule has 7 nitrogen and oxygen atoms in total. The molecule has 0 saturated heterocycles. The van der Waals surface area contributed by atoms with Gasteiger partial charge in [-0.15, -0.1) is 0 Å². The molecule has 0 radical (unpaired) electrons. The maximum atomic E-state index is 13.4. The molecule has 202 valence electrons. The lowest BCUT2D eigenvalue weighted by atomic mass is 10.0. The maximum absolute atomic E-state index is 13.4. The van der Waals surface area contributed by atoms with Gasteiger partial charge in [-0.2, -0.15) is 0 Å². The standard InChI is InChI=1S/C28H46N2O5Si/c1-9-10-11-15-18-28(30(27(32)35-22(4)5)29-26(31)34-21(2)3)24(25(28)36(6,7)8)20-33-19-23-16-13-12-14-17-23/h12-14,16-17,21-22H,9-11,15,18-20H2,1-8H3,(H,29,31). The predicted molar refractivity (Wildman–Crippen MR) is 146 cm³/mol. The van der Waals surface area contributed by atoms with Crippen molar-refractivity contribution in [2.24, 2.45) is 0 Å². The molecule has 1 aliphatic carbocycles. The maximum Gasteiger partial charge on any atom is 0.430 e. The fourth-order valence-electron chi connectivity index (χ4n) is 4.80. The summed E-state index contributed by atoms with van der Waals surface area (Å²) in [7, 11) is -1.89. The quantitative estimate of drug-likeness (QED) is 0.173. The van der Waals surface area contributed by atoms with Gasteiger partial charge in [-0.05, 0) is 50.4 Å². The molecular formula is C28H46N2O5Si. The molecule has 1 aromatic carbocycles. The molecule has 0 heterocycles. The van der Waals surface area contributed by atoms with Crippen LogP contribution in [0.2, 0.25) is 19.6 Å². The lowest BCUT2D eigenvalue weighted by Crippen LogP contribution is -2.58. The van der Waals surface area contributed by atoms with E-state index in [1.54, 1.807) is 27.7 Å². The lowest BCUT2D eigenvalue weighted by molar-refractivity contribution is 0.0241. The summed E-state index contributed by atoms with van der Waals surface area (Å²) in [6.45, 7) is 17.0. The Kier molecular flexibility index (Phi) is 11.0. The van der Waals surface area contributed by atoms with E-state index in [0.717, 1.165) is 36.8 Å². The van der Waals surface area contributed by atoms with Crippen LogP contribution in [0.15, 0.2) is 41.1 Å². The molecule has 0 spiro atoms. The predicted octanol–water partition coefficient (Wildman–Crippen LogP) is 7.00. The van der Waals surface area contributed by atoms with Crippen molar-refractivity contribution >= 4 is 20.3 Å². The van der Waals surface area contributed by atoms with Gasteiger partial charge in [-0.25, -0.2) is 20.0 Å². The molecule has 1 unspecified atom stereocenters. The number of rotatable bonds is 13. The van der Waals surface area contributed by atoms with Gasteiger partial charge >= 0.3 is 12.2 Å². The first kappa shape index (κ1) is 29.9. The molecule has 1 aliphatic rings. The minimum Gasteiger partial charge on any atom is -0.446 e. The van der Waals surface area contributed by atoms with Crippen molar-refractivity contribution in [1.82, 2.24) is 10.4 Å². The zero-order valence-corrected chi connectivity index (χ0v) is 24.5. The number of hydrazine groups is 1. The van der Waals surface area contributed by atoms with E-state index >= 15 is 0 Å². The smallest absolute Gasteiger partial charge is 0.430 e. The van der Waals surface area contributed by atoms with E-state index in [-0.39, 0.29) is 12.2 Å². The fourth-order valence-corrected chi connectivity index (χ4v) is 7.55. The molecule has 36 heavy (non-hydrogen) atoms. The minimum absolute atomic E-state index is 0.314. The van der Waals surface area contributed by atoms with Crippen LogP contribution in [0.4, 0.5) is 9.59 Å². The Morgan fingerprint density at radius 1 is 0.944 bits per heavy atom. The van der Waals surface area contributed by atoms with Crippen LogP contribution in [0.1, 0.15) is 72.3 Å². The molecule has 0 fully saturated rings. The minimum atomic E-state index is -1.89. The zero-order valence-electron chi connectivity index (χ0n) is 23.5. The second-order valence-corrected chi connectivity index (χ2v) is 16.1. The van der Waals surface area contributed by atoms with Crippen LogP contribution in [0.25, 0.3) is 0 Å². The van der Waals surface area contributed by atoms with Gasteiger partial charge in [0.25, 0.3) is 0 Å². The van der Waals surface area contributed by atoms with Crippen LogP contribution >= 0.6 is 0 Å². The summed E-state index contributed by atoms with van der Waals surface area (Å²) in [6.07, 6.45) is 3.06. The summed E-state index contributed by atoms with van der Waals surface area (Å²) in [5.74, 6) is 0. The summed E-state index contributed by atoms with van der Waals surface area (Å²) in [4.78, 5) is 26.2. The van der Waals surface area contributed by atoms with Gasteiger partial charge < -0.3 is 14.2 Å². The third-order valence-corrected chi connectivity index (χ3v) is 8.31. The SMILES string of the molecule is CCCCCCC1(N(NC(=O)OC(C)C)C(=O)OC(C)C)C(COCc2ccccc2)=C1[Si](C)(C)C. The van der Waals surface area contributed by atoms with E-state index in [2.05, 4.69) is 32.0 Å². The molecular weight excluding hydrogens is 472 g/mol. The first-order chi connectivity index (χ1) is 16.9. The first-order valence-corrected chi connectivity index (χ1v) is 16.8. The van der Waals surface area contributed by atoms with Gasteiger partial charge in [0.2, 0.25) is 0 Å². The number of carbonyl (C=O) groups excluding carboxylic acids is 2. The molecule has 2 amide bonds. The molecule has 0 aliphatic heterocycles. The van der Waals surface area contributed by atoms with Gasteiger partial charge in [0.15, 0.2) is 0 Å². The van der Waals surface area contributed by atoms with Crippen LogP contribution in [0.5, 0.6) is 0 Å². The molecule has 0 bridgehead atoms. The molecule has 8 heteroatoms. The van der Waals surface area contributed by atoms with Gasteiger partial charge in [0, 0.05) is 0 Å². The van der Waals surface area contributed by atoms with Crippen molar-refractivity contribution in [1.29, 1.82) is 0 Å². The summed E-state index contributed by atoms with van der Waals surface area (Å²) in [5, 5.41) is 2.64. The highest BCUT2D eigenvalue weighted by molar-refractivity contribution is 6.85. The molecule has 1 N–H and O–H groups in total. The van der Waals surface area contributed by atoms with Crippen molar-refractivity contribution < 1.29 is 23.8 Å². The van der Waals surface area contributed by atoms with Crippen molar-refractivity contribution in [2.45, 2.75) is 111 Å². The summed E-state index contributed by atoms with van der Waals surface area (Å²) < 4.78 is 17.2. The van der Waals surface area contributed by atoms with Crippen molar-refractivity contribution in [3.63, 3.8) is 0 Å². The van der Waals surface area contributed by atoms with Crippen LogP contribution in [-0.2, 0) is 20.8 Å². The Bertz CT molecular complexity index is 895. The number of nitrogens with one attached hydrogen (secondary N) is 1. The van der Waals surface area contributed by atoms with Gasteiger partial charge in [-0.1, -0.05) is 82.6 Å². The Morgan fingerprint density at radius 3 is 2.14 bits per heavy atom. The molecule has 0 aromatic heterocycles. The average Bonchev–Trinajstić information content (AvgIpc) is 3.43. The van der Waals surface area contributed by atoms with Crippen LogP contribution in [0.3, 0.4) is 0 Å². The summed E-state index contributed by atoms with van der Waals surface area (Å²) >= 11 is 0. The highest BCUT2D eigenvalue weighted by Gasteiger charge is 2.63. The number of carbonyl (C=O) groups is 2. The van der Waals surface area contributed by atoms with E-state index < -0.39 is 25.8 Å². The average molecular weight is 519 g/mol. The van der Waals surface area contributed by atoms with E-state index in [1.807, 2.05) is 30.3 Å². The number of unbranched alkanes of at least 4 members (excludes halogenated alkanes) is 3. The number of nitrogens with zero attached hydrogens (tertiary/aromatic N) is 1. The van der Waals surface area contributed by atoms with Crippen LogP contribution in [0, 0.1) is 0 Å². The Balaban J connectivity index is 2.40. The zero-order chi connectivity index (χ0) is 26.9. The Labute approximate surface area is 218 Å². The van der Waals surface area contributed by atoms with E-state index in [9.17, 15) is 9.59 Å². The third-order valence-electron chi connectivity index (χ3n) is 6.10. The summed E-state index contributed by atoms with van der Waals surface area (Å²) in [6, 6.07) is 10.0. The second-order valence-electron chi connectivity index (χ2n) is 11.1. The number of benzene rings is 1. The van der Waals surface area contributed by atoms with Crippen LogP contribution < -0.4 is 5.43 Å². The first-order valence-electron chi connectivity index (χ1n) is 13.3. The molecule has 1 atom stereocenters. The van der Waals surface area contributed by atoms with Gasteiger partial charge in [0.05, 0.1) is 33.5 Å². The lowest BCUT2D eigenvalue weighted by Gasteiger charge is -2.36. The third kappa shape index (κ3) is 8.10. The van der Waals surface area contributed by atoms with Crippen molar-refractivity contribution in [3.05, 3.63) is 46.7 Å². The number of ether oxygens (including phenoxy) is 3. The number of hydrogen-bond acceptors (Lipinski definition) is 5. The highest BCUT2D eigenvalue weighted by Crippen LogP contribution is 2.56. The molecule has 0 saturated carbocycles. The number of hydrogen-bond donors (Lipinski definition) is 1. The second kappa shape index (κ2) is 13.3. The Hall–Kier alpha value is -2.32. The molecule has 1 aromatic rings. The van der Waals surface area contributed by atoms with E-state index in [0.29, 0.717) is 19.6 Å².